The monoisotopic (exact) mass is 737 g/mol. The Morgan fingerprint density at radius 1 is 0.886 bits per heavy atom. The van der Waals surface area contributed by atoms with Gasteiger partial charge in [-0.25, -0.2) is 10.2 Å². The Bertz CT molecular complexity index is 1880. The van der Waals surface area contributed by atoms with E-state index in [-0.39, 0.29) is 11.3 Å². The standard InChI is InChI=1S/C33H26Br2ClN3O5/c1-3-42-27-12-10-20(15-28(27)43-4-2)33(41)44-26-13-11-22(34)14-21(26)18-37-39-32(40)31-29(19-8-6-5-7-9-19)24-16-23(35)17-25(36)30(24)38-31/h5-18,38H,3-4H2,1-2H3,(H,39,40). The van der Waals surface area contributed by atoms with Crippen LogP contribution in [0.15, 0.2) is 92.9 Å². The second-order valence-corrected chi connectivity index (χ2v) is 11.6. The van der Waals surface area contributed by atoms with Crippen LogP contribution in [0.5, 0.6) is 17.2 Å². The lowest BCUT2D eigenvalue weighted by Gasteiger charge is -2.13. The van der Waals surface area contributed by atoms with Crippen LogP contribution in [-0.4, -0.2) is 36.3 Å². The molecule has 5 aromatic rings. The van der Waals surface area contributed by atoms with Crippen molar-refractivity contribution in [1.82, 2.24) is 10.4 Å². The maximum absolute atomic E-state index is 13.4. The van der Waals surface area contributed by atoms with Crippen molar-refractivity contribution in [3.05, 3.63) is 110 Å². The molecule has 0 saturated carbocycles. The molecule has 1 amide bonds. The molecular weight excluding hydrogens is 714 g/mol. The Labute approximate surface area is 275 Å². The molecule has 0 atom stereocenters. The van der Waals surface area contributed by atoms with Gasteiger partial charge in [0.15, 0.2) is 11.5 Å². The van der Waals surface area contributed by atoms with Crippen molar-refractivity contribution in [2.75, 3.05) is 13.2 Å². The number of aromatic amines is 1. The second kappa shape index (κ2) is 14.1. The highest BCUT2D eigenvalue weighted by atomic mass is 79.9. The summed E-state index contributed by atoms with van der Waals surface area (Å²) in [4.78, 5) is 29.7. The summed E-state index contributed by atoms with van der Waals surface area (Å²) in [6.07, 6.45) is 1.41. The van der Waals surface area contributed by atoms with Crippen molar-refractivity contribution in [2.24, 2.45) is 5.10 Å². The van der Waals surface area contributed by atoms with Crippen molar-refractivity contribution >= 4 is 72.5 Å². The third-order valence-electron chi connectivity index (χ3n) is 6.44. The Kier molecular flexibility index (Phi) is 10.0. The molecule has 0 aliphatic rings. The molecule has 0 spiro atoms. The van der Waals surface area contributed by atoms with Crippen molar-refractivity contribution in [2.45, 2.75) is 13.8 Å². The normalized spacial score (nSPS) is 11.1. The van der Waals surface area contributed by atoms with E-state index in [1.807, 2.05) is 50.2 Å². The van der Waals surface area contributed by atoms with Crippen LogP contribution in [0.2, 0.25) is 5.02 Å². The average molecular weight is 740 g/mol. The zero-order chi connectivity index (χ0) is 31.2. The van der Waals surface area contributed by atoms with E-state index in [0.29, 0.717) is 52.1 Å². The Hall–Kier alpha value is -4.12. The van der Waals surface area contributed by atoms with Gasteiger partial charge in [-0.2, -0.15) is 5.10 Å². The number of hydrogen-bond acceptors (Lipinski definition) is 6. The molecule has 11 heteroatoms. The van der Waals surface area contributed by atoms with Gasteiger partial charge in [0.1, 0.15) is 11.4 Å². The van der Waals surface area contributed by atoms with Crippen LogP contribution in [0.1, 0.15) is 40.3 Å². The summed E-state index contributed by atoms with van der Waals surface area (Å²) in [7, 11) is 0. The third-order valence-corrected chi connectivity index (χ3v) is 7.69. The number of halogens is 3. The smallest absolute Gasteiger partial charge is 0.343 e. The number of rotatable bonds is 10. The van der Waals surface area contributed by atoms with Crippen LogP contribution in [0, 0.1) is 0 Å². The fourth-order valence-corrected chi connectivity index (χ4v) is 5.80. The minimum atomic E-state index is -0.594. The summed E-state index contributed by atoms with van der Waals surface area (Å²) in [6, 6.07) is 23.2. The van der Waals surface area contributed by atoms with Gasteiger partial charge in [-0.3, -0.25) is 4.79 Å². The predicted octanol–water partition coefficient (Wildman–Crippen LogP) is 8.79. The molecule has 0 radical (unpaired) electrons. The molecule has 2 N–H and O–H groups in total. The van der Waals surface area contributed by atoms with Gasteiger partial charge in [0, 0.05) is 25.5 Å². The van der Waals surface area contributed by atoms with Gasteiger partial charge in [0.2, 0.25) is 0 Å². The van der Waals surface area contributed by atoms with Crippen molar-refractivity contribution < 1.29 is 23.8 Å². The fraction of sp³-hybridized carbons (Fsp3) is 0.121. The average Bonchev–Trinajstić information content (AvgIpc) is 3.40. The van der Waals surface area contributed by atoms with Crippen LogP contribution in [0.4, 0.5) is 0 Å². The number of nitrogens with one attached hydrogen (secondary N) is 2. The first-order chi connectivity index (χ1) is 21.3. The van der Waals surface area contributed by atoms with Crippen molar-refractivity contribution in [1.29, 1.82) is 0 Å². The zero-order valence-electron chi connectivity index (χ0n) is 23.6. The van der Waals surface area contributed by atoms with Crippen molar-refractivity contribution in [3.63, 3.8) is 0 Å². The minimum absolute atomic E-state index is 0.246. The number of amides is 1. The number of carbonyl (C=O) groups is 2. The summed E-state index contributed by atoms with van der Waals surface area (Å²) in [5.74, 6) is 0.164. The number of esters is 1. The summed E-state index contributed by atoms with van der Waals surface area (Å²) in [5, 5.41) is 5.43. The lowest BCUT2D eigenvalue weighted by Crippen LogP contribution is -2.19. The summed E-state index contributed by atoms with van der Waals surface area (Å²) in [6.45, 7) is 4.59. The molecule has 0 unspecified atom stereocenters. The van der Waals surface area contributed by atoms with E-state index in [1.54, 1.807) is 42.5 Å². The van der Waals surface area contributed by atoms with Gasteiger partial charge < -0.3 is 19.2 Å². The molecule has 1 aromatic heterocycles. The molecule has 0 saturated heterocycles. The first kappa shape index (κ1) is 31.3. The van der Waals surface area contributed by atoms with Gasteiger partial charge in [-0.15, -0.1) is 0 Å². The van der Waals surface area contributed by atoms with Crippen LogP contribution in [-0.2, 0) is 0 Å². The number of H-pyrrole nitrogens is 1. The number of hydrogen-bond donors (Lipinski definition) is 2. The van der Waals surface area contributed by atoms with Gasteiger partial charge in [-0.05, 0) is 67.9 Å². The minimum Gasteiger partial charge on any atom is -0.490 e. The maximum Gasteiger partial charge on any atom is 0.343 e. The number of aromatic nitrogens is 1. The first-order valence-corrected chi connectivity index (χ1v) is 15.6. The van der Waals surface area contributed by atoms with Crippen LogP contribution in [0.3, 0.4) is 0 Å². The van der Waals surface area contributed by atoms with Crippen molar-refractivity contribution in [3.8, 4) is 28.4 Å². The molecular formula is C33H26Br2ClN3O5. The SMILES string of the molecule is CCOc1ccc(C(=O)Oc2ccc(Br)cc2C=NNC(=O)c2[nH]c3c(Cl)cc(Br)cc3c2-c2ccccc2)cc1OCC. The van der Waals surface area contributed by atoms with Gasteiger partial charge in [0.05, 0.1) is 35.5 Å². The van der Waals surface area contributed by atoms with Gasteiger partial charge in [-0.1, -0.05) is 73.8 Å². The number of hydrazone groups is 1. The summed E-state index contributed by atoms with van der Waals surface area (Å²) in [5.41, 5.74) is 5.78. The molecule has 44 heavy (non-hydrogen) atoms. The Morgan fingerprint density at radius 2 is 1.61 bits per heavy atom. The maximum atomic E-state index is 13.4. The molecule has 224 valence electrons. The molecule has 4 aromatic carbocycles. The number of benzene rings is 4. The van der Waals surface area contributed by atoms with E-state index in [2.05, 4.69) is 47.4 Å². The van der Waals surface area contributed by atoms with E-state index < -0.39 is 11.9 Å². The molecule has 0 aliphatic heterocycles. The number of nitrogens with zero attached hydrogens (tertiary/aromatic N) is 1. The Balaban J connectivity index is 1.40. The lowest BCUT2D eigenvalue weighted by atomic mass is 10.0. The highest BCUT2D eigenvalue weighted by molar-refractivity contribution is 9.10. The van der Waals surface area contributed by atoms with E-state index in [9.17, 15) is 9.59 Å². The summed E-state index contributed by atoms with van der Waals surface area (Å²) < 4.78 is 18.5. The van der Waals surface area contributed by atoms with E-state index in [0.717, 1.165) is 19.9 Å². The first-order valence-electron chi connectivity index (χ1n) is 13.6. The zero-order valence-corrected chi connectivity index (χ0v) is 27.5. The number of carbonyl (C=O) groups excluding carboxylic acids is 2. The fourth-order valence-electron chi connectivity index (χ4n) is 4.56. The third kappa shape index (κ3) is 6.99. The number of fused-ring (bicyclic) bond motifs is 1. The molecule has 8 nitrogen and oxygen atoms in total. The quantitative estimate of drug-likeness (QED) is 0.0646. The molecule has 1 heterocycles. The second-order valence-electron chi connectivity index (χ2n) is 9.35. The lowest BCUT2D eigenvalue weighted by molar-refractivity contribution is 0.0733. The largest absolute Gasteiger partial charge is 0.490 e. The topological polar surface area (TPSA) is 102 Å². The number of ether oxygens (including phenoxy) is 3. The van der Waals surface area contributed by atoms with E-state index in [1.165, 1.54) is 6.21 Å². The Morgan fingerprint density at radius 3 is 2.36 bits per heavy atom. The van der Waals surface area contributed by atoms with Gasteiger partial charge in [0.25, 0.3) is 5.91 Å². The highest BCUT2D eigenvalue weighted by Crippen LogP contribution is 2.38. The molecule has 0 fully saturated rings. The van der Waals surface area contributed by atoms with Crippen LogP contribution < -0.4 is 19.6 Å². The van der Waals surface area contributed by atoms with Crippen LogP contribution in [0.25, 0.3) is 22.0 Å². The van der Waals surface area contributed by atoms with Gasteiger partial charge >= 0.3 is 5.97 Å². The predicted molar refractivity (Wildman–Crippen MR) is 179 cm³/mol. The van der Waals surface area contributed by atoms with E-state index >= 15 is 0 Å². The highest BCUT2D eigenvalue weighted by Gasteiger charge is 2.21. The molecule has 0 bridgehead atoms. The van der Waals surface area contributed by atoms with Crippen LogP contribution >= 0.6 is 43.5 Å². The molecule has 0 aliphatic carbocycles. The summed E-state index contributed by atoms with van der Waals surface area (Å²) >= 11 is 13.4. The molecule has 5 rings (SSSR count). The van der Waals surface area contributed by atoms with E-state index in [4.69, 9.17) is 25.8 Å².